The summed E-state index contributed by atoms with van der Waals surface area (Å²) in [5.41, 5.74) is 0.577. The lowest BCUT2D eigenvalue weighted by molar-refractivity contribution is -0.141. The van der Waals surface area contributed by atoms with Crippen molar-refractivity contribution in [3.05, 3.63) is 19.9 Å². The summed E-state index contributed by atoms with van der Waals surface area (Å²) in [6.07, 6.45) is 0. The summed E-state index contributed by atoms with van der Waals surface area (Å²) >= 11 is 3.62. The molecule has 1 aromatic heterocycles. The van der Waals surface area contributed by atoms with Crippen LogP contribution < -0.4 is 5.32 Å². The Hall–Kier alpha value is -0.630. The van der Waals surface area contributed by atoms with Gasteiger partial charge in [-0.05, 0) is 35.6 Å². The number of hydrogen-bond donors (Lipinski definition) is 1. The molecule has 0 radical (unpaired) electrons. The Labute approximate surface area is 105 Å². The first kappa shape index (κ1) is 12.4. The second-order valence-electron chi connectivity index (χ2n) is 2.63. The lowest BCUT2D eigenvalue weighted by Crippen LogP contribution is -2.30. The SMILES string of the molecule is CCOC(=O)CNC(=O)c1csc(I)c1. The highest BCUT2D eigenvalue weighted by molar-refractivity contribution is 14.1. The van der Waals surface area contributed by atoms with Gasteiger partial charge in [-0.3, -0.25) is 9.59 Å². The first-order valence-electron chi connectivity index (χ1n) is 4.31. The van der Waals surface area contributed by atoms with E-state index in [4.69, 9.17) is 0 Å². The average molecular weight is 339 g/mol. The monoisotopic (exact) mass is 339 g/mol. The van der Waals surface area contributed by atoms with E-state index in [1.807, 2.05) is 0 Å². The molecule has 0 atom stereocenters. The van der Waals surface area contributed by atoms with Crippen LogP contribution in [0.25, 0.3) is 0 Å². The van der Waals surface area contributed by atoms with Crippen LogP contribution in [0.1, 0.15) is 17.3 Å². The molecule has 1 aromatic rings. The molecule has 0 bridgehead atoms. The summed E-state index contributed by atoms with van der Waals surface area (Å²) < 4.78 is 5.72. The van der Waals surface area contributed by atoms with E-state index in [-0.39, 0.29) is 12.5 Å². The molecule has 0 saturated heterocycles. The highest BCUT2D eigenvalue weighted by Gasteiger charge is 2.09. The quantitative estimate of drug-likeness (QED) is 0.670. The standard InChI is InChI=1S/C9H10INO3S/c1-2-14-8(12)4-11-9(13)6-3-7(10)15-5-6/h3,5H,2,4H2,1H3,(H,11,13). The predicted octanol–water partition coefficient (Wildman–Crippen LogP) is 1.65. The van der Waals surface area contributed by atoms with Gasteiger partial charge in [0.15, 0.2) is 0 Å². The van der Waals surface area contributed by atoms with Crippen LogP contribution in [0, 0.1) is 2.88 Å². The van der Waals surface area contributed by atoms with Crippen molar-refractivity contribution in [2.75, 3.05) is 13.2 Å². The molecule has 0 spiro atoms. The fraction of sp³-hybridized carbons (Fsp3) is 0.333. The van der Waals surface area contributed by atoms with Crippen molar-refractivity contribution >= 4 is 45.8 Å². The van der Waals surface area contributed by atoms with Crippen molar-refractivity contribution in [3.8, 4) is 0 Å². The molecule has 0 fully saturated rings. The number of thiophene rings is 1. The zero-order chi connectivity index (χ0) is 11.3. The van der Waals surface area contributed by atoms with E-state index in [0.29, 0.717) is 12.2 Å². The Kier molecular flexibility index (Phi) is 5.03. The number of nitrogens with one attached hydrogen (secondary N) is 1. The average Bonchev–Trinajstić information content (AvgIpc) is 2.62. The summed E-state index contributed by atoms with van der Waals surface area (Å²) in [7, 11) is 0. The Morgan fingerprint density at radius 1 is 1.60 bits per heavy atom. The third-order valence-electron chi connectivity index (χ3n) is 1.53. The van der Waals surface area contributed by atoms with Gasteiger partial charge in [0.25, 0.3) is 5.91 Å². The van der Waals surface area contributed by atoms with Crippen LogP contribution in [0.15, 0.2) is 11.4 Å². The van der Waals surface area contributed by atoms with Crippen LogP contribution in [0.2, 0.25) is 0 Å². The topological polar surface area (TPSA) is 55.4 Å². The van der Waals surface area contributed by atoms with Crippen molar-refractivity contribution < 1.29 is 14.3 Å². The first-order valence-corrected chi connectivity index (χ1v) is 6.27. The van der Waals surface area contributed by atoms with Crippen LogP contribution >= 0.6 is 33.9 Å². The highest BCUT2D eigenvalue weighted by Crippen LogP contribution is 2.16. The summed E-state index contributed by atoms with van der Waals surface area (Å²) in [6.45, 7) is 1.96. The van der Waals surface area contributed by atoms with Crippen LogP contribution in [0.4, 0.5) is 0 Å². The molecule has 4 nitrogen and oxygen atoms in total. The zero-order valence-corrected chi connectivity index (χ0v) is 11.1. The minimum Gasteiger partial charge on any atom is -0.465 e. The number of carbonyl (C=O) groups excluding carboxylic acids is 2. The van der Waals surface area contributed by atoms with Crippen molar-refractivity contribution in [2.45, 2.75) is 6.92 Å². The van der Waals surface area contributed by atoms with E-state index in [2.05, 4.69) is 32.6 Å². The van der Waals surface area contributed by atoms with Gasteiger partial charge in [0, 0.05) is 5.38 Å². The van der Waals surface area contributed by atoms with Gasteiger partial charge in [-0.1, -0.05) is 0 Å². The fourth-order valence-corrected chi connectivity index (χ4v) is 2.22. The fourth-order valence-electron chi connectivity index (χ4n) is 0.896. The number of rotatable bonds is 4. The molecule has 82 valence electrons. The zero-order valence-electron chi connectivity index (χ0n) is 8.08. The van der Waals surface area contributed by atoms with Crippen molar-refractivity contribution in [1.82, 2.24) is 5.32 Å². The molecule has 0 saturated carbocycles. The van der Waals surface area contributed by atoms with Gasteiger partial charge in [-0.25, -0.2) is 0 Å². The van der Waals surface area contributed by atoms with E-state index in [1.165, 1.54) is 11.3 Å². The molecule has 0 aromatic carbocycles. The number of halogens is 1. The summed E-state index contributed by atoms with van der Waals surface area (Å²) in [5.74, 6) is -0.669. The largest absolute Gasteiger partial charge is 0.465 e. The van der Waals surface area contributed by atoms with Crippen LogP contribution in [-0.2, 0) is 9.53 Å². The summed E-state index contributed by atoms with van der Waals surface area (Å²) in [5, 5.41) is 4.24. The van der Waals surface area contributed by atoms with Gasteiger partial charge < -0.3 is 10.1 Å². The number of hydrogen-bond acceptors (Lipinski definition) is 4. The van der Waals surface area contributed by atoms with Gasteiger partial charge in [-0.15, -0.1) is 11.3 Å². The number of carbonyl (C=O) groups is 2. The van der Waals surface area contributed by atoms with E-state index < -0.39 is 5.97 Å². The van der Waals surface area contributed by atoms with E-state index in [9.17, 15) is 9.59 Å². The predicted molar refractivity (Wildman–Crippen MR) is 66.0 cm³/mol. The smallest absolute Gasteiger partial charge is 0.325 e. The second kappa shape index (κ2) is 6.06. The highest BCUT2D eigenvalue weighted by atomic mass is 127. The van der Waals surface area contributed by atoms with Crippen LogP contribution in [0.3, 0.4) is 0 Å². The van der Waals surface area contributed by atoms with E-state index in [1.54, 1.807) is 18.4 Å². The molecule has 0 unspecified atom stereocenters. The number of esters is 1. The number of ether oxygens (including phenoxy) is 1. The maximum atomic E-state index is 11.5. The molecule has 0 aliphatic carbocycles. The van der Waals surface area contributed by atoms with Gasteiger partial charge in [0.1, 0.15) is 6.54 Å². The van der Waals surface area contributed by atoms with Gasteiger partial charge >= 0.3 is 5.97 Å². The lowest BCUT2D eigenvalue weighted by atomic mass is 10.3. The molecule has 0 aliphatic heterocycles. The first-order chi connectivity index (χ1) is 7.13. The molecule has 1 rings (SSSR count). The van der Waals surface area contributed by atoms with Gasteiger partial charge in [0.2, 0.25) is 0 Å². The van der Waals surface area contributed by atoms with Gasteiger partial charge in [0.05, 0.1) is 15.1 Å². The number of amides is 1. The minimum atomic E-state index is -0.421. The lowest BCUT2D eigenvalue weighted by Gasteiger charge is -2.02. The minimum absolute atomic E-state index is 0.0842. The molecule has 1 amide bonds. The van der Waals surface area contributed by atoms with Gasteiger partial charge in [-0.2, -0.15) is 0 Å². The summed E-state index contributed by atoms with van der Waals surface area (Å²) in [4.78, 5) is 22.4. The summed E-state index contributed by atoms with van der Waals surface area (Å²) in [6, 6.07) is 1.77. The Morgan fingerprint density at radius 2 is 2.33 bits per heavy atom. The molecule has 1 N–H and O–H groups in total. The normalized spacial score (nSPS) is 9.73. The maximum Gasteiger partial charge on any atom is 0.325 e. The third kappa shape index (κ3) is 4.17. The molecule has 6 heteroatoms. The van der Waals surface area contributed by atoms with Crippen molar-refractivity contribution in [1.29, 1.82) is 0 Å². The molecular formula is C9H10INO3S. The maximum absolute atomic E-state index is 11.5. The second-order valence-corrected chi connectivity index (χ2v) is 5.43. The van der Waals surface area contributed by atoms with Crippen molar-refractivity contribution in [2.24, 2.45) is 0 Å². The Bertz CT molecular complexity index is 364. The van der Waals surface area contributed by atoms with Crippen LogP contribution in [-0.4, -0.2) is 25.0 Å². The molecule has 15 heavy (non-hydrogen) atoms. The van der Waals surface area contributed by atoms with Crippen LogP contribution in [0.5, 0.6) is 0 Å². The van der Waals surface area contributed by atoms with Crippen molar-refractivity contribution in [3.63, 3.8) is 0 Å². The van der Waals surface area contributed by atoms with E-state index in [0.717, 1.165) is 2.88 Å². The molecule has 0 aliphatic rings. The Morgan fingerprint density at radius 3 is 2.87 bits per heavy atom. The molecular weight excluding hydrogens is 329 g/mol. The molecule has 1 heterocycles. The Balaban J connectivity index is 2.40. The third-order valence-corrected chi connectivity index (χ3v) is 3.32. The van der Waals surface area contributed by atoms with E-state index >= 15 is 0 Å².